The second-order valence-corrected chi connectivity index (χ2v) is 3.97. The highest BCUT2D eigenvalue weighted by Gasteiger charge is 2.35. The Hall–Kier alpha value is -1.76. The van der Waals surface area contributed by atoms with Gasteiger partial charge < -0.3 is 15.6 Å². The number of nitrogens with two attached hydrogens (primary N) is 1. The van der Waals surface area contributed by atoms with Crippen LogP contribution in [-0.2, 0) is 17.4 Å². The van der Waals surface area contributed by atoms with Crippen molar-refractivity contribution in [1.82, 2.24) is 0 Å². The van der Waals surface area contributed by atoms with Crippen molar-refractivity contribution in [2.75, 3.05) is 6.54 Å². The summed E-state index contributed by atoms with van der Waals surface area (Å²) in [5.41, 5.74) is 4.72. The van der Waals surface area contributed by atoms with Crippen LogP contribution in [0.15, 0.2) is 18.2 Å². The van der Waals surface area contributed by atoms with Gasteiger partial charge >= 0.3 is 12.1 Å². The largest absolute Gasteiger partial charge is 0.479 e. The van der Waals surface area contributed by atoms with Crippen LogP contribution in [-0.4, -0.2) is 23.7 Å². The molecule has 7 heteroatoms. The van der Waals surface area contributed by atoms with Gasteiger partial charge in [0.2, 0.25) is 0 Å². The summed E-state index contributed by atoms with van der Waals surface area (Å²) in [6.07, 6.45) is -5.67. The second-order valence-electron chi connectivity index (χ2n) is 3.97. The molecule has 0 aliphatic heterocycles. The van der Waals surface area contributed by atoms with E-state index in [1.807, 2.05) is 0 Å². The number of halogens is 3. The maximum atomic E-state index is 12.9. The number of benzene rings is 1. The molecule has 0 aromatic heterocycles. The van der Waals surface area contributed by atoms with Crippen molar-refractivity contribution in [2.24, 2.45) is 5.73 Å². The fraction of sp³-hybridized carbons (Fsp3) is 0.417. The molecule has 0 amide bonds. The fourth-order valence-electron chi connectivity index (χ4n) is 1.46. The molecule has 0 saturated carbocycles. The first-order valence-electron chi connectivity index (χ1n) is 5.55. The van der Waals surface area contributed by atoms with E-state index >= 15 is 0 Å². The molecule has 1 rings (SSSR count). The molecule has 0 heterocycles. The van der Waals surface area contributed by atoms with E-state index in [1.165, 1.54) is 6.07 Å². The number of hydrogen-bond donors (Lipinski definition) is 2. The van der Waals surface area contributed by atoms with Crippen molar-refractivity contribution < 1.29 is 27.8 Å². The van der Waals surface area contributed by atoms with Crippen molar-refractivity contribution in [3.63, 3.8) is 0 Å². The zero-order valence-electron chi connectivity index (χ0n) is 10.2. The van der Waals surface area contributed by atoms with E-state index in [-0.39, 0.29) is 6.54 Å². The van der Waals surface area contributed by atoms with E-state index in [9.17, 15) is 18.0 Å². The molecule has 0 aliphatic rings. The summed E-state index contributed by atoms with van der Waals surface area (Å²) >= 11 is 0. The van der Waals surface area contributed by atoms with Crippen LogP contribution in [0, 0.1) is 0 Å². The predicted octanol–water partition coefficient (Wildman–Crippen LogP) is 2.06. The average Bonchev–Trinajstić information content (AvgIpc) is 2.29. The third-order valence-corrected chi connectivity index (χ3v) is 2.43. The summed E-state index contributed by atoms with van der Waals surface area (Å²) < 4.78 is 43.4. The minimum Gasteiger partial charge on any atom is -0.479 e. The predicted molar refractivity (Wildman–Crippen MR) is 61.9 cm³/mol. The zero-order chi connectivity index (χ0) is 14.6. The number of carbonyl (C=O) groups is 1. The lowest BCUT2D eigenvalue weighted by Gasteiger charge is -2.17. The molecule has 1 aromatic carbocycles. The number of rotatable bonds is 5. The second kappa shape index (κ2) is 5.92. The van der Waals surface area contributed by atoms with Gasteiger partial charge in [0, 0.05) is 0 Å². The Morgan fingerprint density at radius 3 is 2.58 bits per heavy atom. The lowest BCUT2D eigenvalue weighted by molar-refractivity contribution is -0.147. The van der Waals surface area contributed by atoms with Crippen molar-refractivity contribution in [1.29, 1.82) is 0 Å². The molecule has 0 bridgehead atoms. The smallest absolute Gasteiger partial charge is 0.419 e. The number of alkyl halides is 3. The Bertz CT molecular complexity index is 460. The standard InChI is InChI=1S/C12H14F3NO3/c1-7(11(17)18)19-10-3-2-8(4-5-16)6-9(10)12(13,14)15/h2-3,6-7H,4-5,16H2,1H3,(H,17,18). The van der Waals surface area contributed by atoms with Crippen LogP contribution in [0.25, 0.3) is 0 Å². The van der Waals surface area contributed by atoms with Gasteiger partial charge in [0.25, 0.3) is 0 Å². The summed E-state index contributed by atoms with van der Waals surface area (Å²) in [7, 11) is 0. The van der Waals surface area contributed by atoms with Crippen molar-refractivity contribution >= 4 is 5.97 Å². The zero-order valence-corrected chi connectivity index (χ0v) is 10.2. The van der Waals surface area contributed by atoms with Gasteiger partial charge in [-0.3, -0.25) is 0 Å². The van der Waals surface area contributed by atoms with Crippen LogP contribution in [0.5, 0.6) is 5.75 Å². The van der Waals surface area contributed by atoms with Gasteiger partial charge in [-0.15, -0.1) is 0 Å². The van der Waals surface area contributed by atoms with Crippen molar-refractivity contribution in [3.05, 3.63) is 29.3 Å². The van der Waals surface area contributed by atoms with Crippen LogP contribution >= 0.6 is 0 Å². The van der Waals surface area contributed by atoms with Crippen molar-refractivity contribution in [2.45, 2.75) is 25.6 Å². The number of hydrogen-bond acceptors (Lipinski definition) is 3. The molecule has 1 aromatic rings. The summed E-state index contributed by atoms with van der Waals surface area (Å²) in [5, 5.41) is 8.65. The number of carboxylic acids is 1. The van der Waals surface area contributed by atoms with Crippen LogP contribution in [0.1, 0.15) is 18.1 Å². The first-order chi connectivity index (χ1) is 8.75. The molecule has 0 fully saturated rings. The summed E-state index contributed by atoms with van der Waals surface area (Å²) in [6.45, 7) is 1.39. The molecular weight excluding hydrogens is 263 g/mol. The van der Waals surface area contributed by atoms with Crippen molar-refractivity contribution in [3.8, 4) is 5.75 Å². The van der Waals surface area contributed by atoms with Gasteiger partial charge in [-0.25, -0.2) is 4.79 Å². The average molecular weight is 277 g/mol. The van der Waals surface area contributed by atoms with E-state index in [0.29, 0.717) is 12.0 Å². The molecule has 0 aliphatic carbocycles. The monoisotopic (exact) mass is 277 g/mol. The van der Waals surface area contributed by atoms with E-state index in [2.05, 4.69) is 0 Å². The van der Waals surface area contributed by atoms with E-state index < -0.39 is 29.6 Å². The molecule has 19 heavy (non-hydrogen) atoms. The minimum atomic E-state index is -4.61. The van der Waals surface area contributed by atoms with Gasteiger partial charge in [0.1, 0.15) is 5.75 Å². The summed E-state index contributed by atoms with van der Waals surface area (Å²) in [4.78, 5) is 10.6. The quantitative estimate of drug-likeness (QED) is 0.864. The van der Waals surface area contributed by atoms with Crippen LogP contribution in [0.2, 0.25) is 0 Å². The molecule has 1 atom stereocenters. The highest BCUT2D eigenvalue weighted by molar-refractivity contribution is 5.72. The maximum absolute atomic E-state index is 12.9. The molecule has 106 valence electrons. The first kappa shape index (κ1) is 15.3. The maximum Gasteiger partial charge on any atom is 0.419 e. The van der Waals surface area contributed by atoms with Crippen LogP contribution in [0.3, 0.4) is 0 Å². The number of ether oxygens (including phenoxy) is 1. The number of carboxylic acid groups (broad SMARTS) is 1. The Kier molecular flexibility index (Phi) is 4.77. The van der Waals surface area contributed by atoms with Gasteiger partial charge in [-0.1, -0.05) is 6.07 Å². The highest BCUT2D eigenvalue weighted by atomic mass is 19.4. The molecule has 4 nitrogen and oxygen atoms in total. The van der Waals surface area contributed by atoms with E-state index in [4.69, 9.17) is 15.6 Å². The van der Waals surface area contributed by atoms with Crippen LogP contribution < -0.4 is 10.5 Å². The van der Waals surface area contributed by atoms with Gasteiger partial charge in [-0.2, -0.15) is 13.2 Å². The lowest BCUT2D eigenvalue weighted by Crippen LogP contribution is -2.24. The Labute approximate surface area is 108 Å². The minimum absolute atomic E-state index is 0.225. The van der Waals surface area contributed by atoms with Gasteiger partial charge in [0.15, 0.2) is 6.10 Å². The normalized spacial score (nSPS) is 13.1. The number of aliphatic carboxylic acids is 1. The molecule has 0 spiro atoms. The molecule has 1 unspecified atom stereocenters. The van der Waals surface area contributed by atoms with E-state index in [1.54, 1.807) is 0 Å². The molecular formula is C12H14F3NO3. The third kappa shape index (κ3) is 4.13. The SMILES string of the molecule is CC(Oc1ccc(CCN)cc1C(F)(F)F)C(=O)O. The third-order valence-electron chi connectivity index (χ3n) is 2.43. The summed E-state index contributed by atoms with van der Waals surface area (Å²) in [5.74, 6) is -1.83. The van der Waals surface area contributed by atoms with E-state index in [0.717, 1.165) is 19.1 Å². The van der Waals surface area contributed by atoms with Crippen LogP contribution in [0.4, 0.5) is 13.2 Å². The Morgan fingerprint density at radius 2 is 2.11 bits per heavy atom. The first-order valence-corrected chi connectivity index (χ1v) is 5.55. The molecule has 3 N–H and O–H groups in total. The fourth-order valence-corrected chi connectivity index (χ4v) is 1.46. The molecule has 0 saturated heterocycles. The Balaban J connectivity index is 3.13. The summed E-state index contributed by atoms with van der Waals surface area (Å²) in [6, 6.07) is 3.48. The molecule has 0 radical (unpaired) electrons. The van der Waals surface area contributed by atoms with Gasteiger partial charge in [0.05, 0.1) is 5.56 Å². The van der Waals surface area contributed by atoms with Gasteiger partial charge in [-0.05, 0) is 37.6 Å². The lowest BCUT2D eigenvalue weighted by atomic mass is 10.1. The Morgan fingerprint density at radius 1 is 1.47 bits per heavy atom. The topological polar surface area (TPSA) is 72.5 Å². The highest BCUT2D eigenvalue weighted by Crippen LogP contribution is 2.37.